The van der Waals surface area contributed by atoms with Crippen molar-refractivity contribution < 1.29 is 4.79 Å². The summed E-state index contributed by atoms with van der Waals surface area (Å²) >= 11 is 0. The van der Waals surface area contributed by atoms with Crippen molar-refractivity contribution in [1.82, 2.24) is 4.90 Å². The van der Waals surface area contributed by atoms with Crippen molar-refractivity contribution in [3.8, 4) is 0 Å². The molecule has 0 bridgehead atoms. The molecule has 0 aliphatic carbocycles. The van der Waals surface area contributed by atoms with Crippen LogP contribution in [0.5, 0.6) is 0 Å². The summed E-state index contributed by atoms with van der Waals surface area (Å²) < 4.78 is 0. The molecule has 1 amide bonds. The lowest BCUT2D eigenvalue weighted by Crippen LogP contribution is -2.30. The van der Waals surface area contributed by atoms with Gasteiger partial charge in [0.25, 0.3) is 0 Å². The number of nitrogens with two attached hydrogens (primary N) is 1. The molecule has 1 aliphatic rings. The second-order valence-corrected chi connectivity index (χ2v) is 7.03. The van der Waals surface area contributed by atoms with E-state index in [0.717, 1.165) is 19.5 Å². The van der Waals surface area contributed by atoms with E-state index in [0.29, 0.717) is 30.7 Å². The van der Waals surface area contributed by atoms with Gasteiger partial charge in [0, 0.05) is 25.4 Å². The second kappa shape index (κ2) is 9.75. The highest BCUT2D eigenvalue weighted by Crippen LogP contribution is 2.33. The third-order valence-corrected chi connectivity index (χ3v) is 5.51. The first-order valence-corrected chi connectivity index (χ1v) is 9.30. The van der Waals surface area contributed by atoms with Gasteiger partial charge in [-0.2, -0.15) is 0 Å². The van der Waals surface area contributed by atoms with Crippen LogP contribution in [0.4, 0.5) is 0 Å². The molecule has 140 valence electrons. The lowest BCUT2D eigenvalue weighted by atomic mass is 9.89. The third kappa shape index (κ3) is 4.66. The summed E-state index contributed by atoms with van der Waals surface area (Å²) in [6.45, 7) is 4.35. The van der Waals surface area contributed by atoms with Crippen LogP contribution in [-0.4, -0.2) is 30.4 Å². The number of carbonyl (C=O) groups is 1. The van der Waals surface area contributed by atoms with Crippen LogP contribution >= 0.6 is 12.4 Å². The quantitative estimate of drug-likeness (QED) is 0.826. The molecule has 1 unspecified atom stereocenters. The Hall–Kier alpha value is -1.84. The number of rotatable bonds is 6. The van der Waals surface area contributed by atoms with Gasteiger partial charge in [-0.1, -0.05) is 67.6 Å². The maximum absolute atomic E-state index is 12.9. The molecule has 0 aromatic heterocycles. The summed E-state index contributed by atoms with van der Waals surface area (Å²) in [4.78, 5) is 14.9. The van der Waals surface area contributed by atoms with Gasteiger partial charge < -0.3 is 10.6 Å². The van der Waals surface area contributed by atoms with Crippen LogP contribution in [0.2, 0.25) is 0 Å². The molecule has 2 aromatic carbocycles. The zero-order valence-electron chi connectivity index (χ0n) is 15.4. The second-order valence-electron chi connectivity index (χ2n) is 7.03. The van der Waals surface area contributed by atoms with Crippen LogP contribution in [0.25, 0.3) is 0 Å². The number of halogens is 1. The summed E-state index contributed by atoms with van der Waals surface area (Å²) in [6, 6.07) is 20.8. The van der Waals surface area contributed by atoms with Crippen molar-refractivity contribution in [2.24, 2.45) is 11.7 Å². The Morgan fingerprint density at radius 1 is 1.08 bits per heavy atom. The van der Waals surface area contributed by atoms with Crippen molar-refractivity contribution >= 4 is 18.3 Å². The molecule has 3 nitrogen and oxygen atoms in total. The number of hydrogen-bond acceptors (Lipinski definition) is 2. The first-order chi connectivity index (χ1) is 12.2. The Bertz CT molecular complexity index is 677. The van der Waals surface area contributed by atoms with Gasteiger partial charge in [-0.15, -0.1) is 12.4 Å². The Morgan fingerprint density at radius 2 is 1.69 bits per heavy atom. The number of likely N-dealkylation sites (tertiary alicyclic amines) is 1. The predicted octanol–water partition coefficient (Wildman–Crippen LogP) is 4.19. The Kier molecular flexibility index (Phi) is 7.67. The molecule has 3 rings (SSSR count). The minimum Gasteiger partial charge on any atom is -0.342 e. The third-order valence-electron chi connectivity index (χ3n) is 5.51. The van der Waals surface area contributed by atoms with E-state index in [1.165, 1.54) is 11.1 Å². The average molecular weight is 373 g/mol. The molecule has 0 radical (unpaired) electrons. The van der Waals surface area contributed by atoms with Crippen LogP contribution in [0.1, 0.15) is 42.7 Å². The highest BCUT2D eigenvalue weighted by Gasteiger charge is 2.35. The predicted molar refractivity (Wildman–Crippen MR) is 110 cm³/mol. The van der Waals surface area contributed by atoms with Gasteiger partial charge >= 0.3 is 0 Å². The van der Waals surface area contributed by atoms with Gasteiger partial charge in [0.05, 0.1) is 0 Å². The Morgan fingerprint density at radius 3 is 2.27 bits per heavy atom. The Labute approximate surface area is 163 Å². The topological polar surface area (TPSA) is 46.3 Å². The standard InChI is InChI=1S/C22H28N2O.ClH/c1-2-17(18-9-5-3-6-10-18)13-22(25)24-15-20(14-23)21(16-24)19-11-7-4-8-12-19;/h3-12,17,20-21H,2,13-16,23H2,1H3;1H/t17?,20-,21+;/m1./s1. The zero-order chi connectivity index (χ0) is 17.6. The highest BCUT2D eigenvalue weighted by molar-refractivity contribution is 5.85. The van der Waals surface area contributed by atoms with E-state index in [1.807, 2.05) is 29.2 Å². The maximum Gasteiger partial charge on any atom is 0.223 e. The molecule has 0 spiro atoms. The number of benzene rings is 2. The zero-order valence-corrected chi connectivity index (χ0v) is 16.2. The molecule has 2 aromatic rings. The largest absolute Gasteiger partial charge is 0.342 e. The van der Waals surface area contributed by atoms with E-state index in [2.05, 4.69) is 43.3 Å². The average Bonchev–Trinajstić information content (AvgIpc) is 3.12. The minimum atomic E-state index is 0. The smallest absolute Gasteiger partial charge is 0.223 e. The van der Waals surface area contributed by atoms with Gasteiger partial charge in [0.1, 0.15) is 0 Å². The molecule has 1 heterocycles. The molecule has 4 heteroatoms. The molecular weight excluding hydrogens is 344 g/mol. The molecule has 1 aliphatic heterocycles. The molecule has 3 atom stereocenters. The highest BCUT2D eigenvalue weighted by atomic mass is 35.5. The van der Waals surface area contributed by atoms with Crippen LogP contribution in [0, 0.1) is 5.92 Å². The van der Waals surface area contributed by atoms with Crippen molar-refractivity contribution in [1.29, 1.82) is 0 Å². The number of nitrogens with zero attached hydrogens (tertiary/aromatic N) is 1. The van der Waals surface area contributed by atoms with Crippen molar-refractivity contribution in [2.75, 3.05) is 19.6 Å². The SMILES string of the molecule is CCC(CC(=O)N1C[C@@H](CN)[C@H](c2ccccc2)C1)c1ccccc1.Cl. The van der Waals surface area contributed by atoms with Crippen LogP contribution in [0.15, 0.2) is 60.7 Å². The summed E-state index contributed by atoms with van der Waals surface area (Å²) in [7, 11) is 0. The summed E-state index contributed by atoms with van der Waals surface area (Å²) in [5, 5.41) is 0. The normalized spacial score (nSPS) is 20.5. The van der Waals surface area contributed by atoms with Gasteiger partial charge in [0.2, 0.25) is 5.91 Å². The van der Waals surface area contributed by atoms with Crippen molar-refractivity contribution in [3.05, 3.63) is 71.8 Å². The number of hydrogen-bond donors (Lipinski definition) is 1. The van der Waals surface area contributed by atoms with Gasteiger partial charge in [-0.25, -0.2) is 0 Å². The molecular formula is C22H29ClN2O. The lowest BCUT2D eigenvalue weighted by molar-refractivity contribution is -0.130. The monoisotopic (exact) mass is 372 g/mol. The van der Waals surface area contributed by atoms with Gasteiger partial charge in [-0.05, 0) is 35.9 Å². The number of amides is 1. The van der Waals surface area contributed by atoms with E-state index in [9.17, 15) is 4.79 Å². The first kappa shape index (κ1) is 20.5. The minimum absolute atomic E-state index is 0. The molecule has 26 heavy (non-hydrogen) atoms. The first-order valence-electron chi connectivity index (χ1n) is 9.30. The molecule has 2 N–H and O–H groups in total. The molecule has 1 saturated heterocycles. The van der Waals surface area contributed by atoms with E-state index in [-0.39, 0.29) is 18.3 Å². The molecule has 0 saturated carbocycles. The fourth-order valence-corrected chi connectivity index (χ4v) is 3.95. The lowest BCUT2D eigenvalue weighted by Gasteiger charge is -2.21. The summed E-state index contributed by atoms with van der Waals surface area (Å²) in [5.41, 5.74) is 8.56. The van der Waals surface area contributed by atoms with Crippen LogP contribution in [-0.2, 0) is 4.79 Å². The fourth-order valence-electron chi connectivity index (χ4n) is 3.95. The van der Waals surface area contributed by atoms with Gasteiger partial charge in [-0.3, -0.25) is 4.79 Å². The summed E-state index contributed by atoms with van der Waals surface area (Å²) in [5.74, 6) is 1.25. The van der Waals surface area contributed by atoms with Crippen LogP contribution < -0.4 is 5.73 Å². The van der Waals surface area contributed by atoms with Crippen LogP contribution in [0.3, 0.4) is 0 Å². The fraction of sp³-hybridized carbons (Fsp3) is 0.409. The van der Waals surface area contributed by atoms with Gasteiger partial charge in [0.15, 0.2) is 0 Å². The summed E-state index contributed by atoms with van der Waals surface area (Å²) in [6.07, 6.45) is 1.56. The molecule has 1 fully saturated rings. The Balaban J connectivity index is 0.00000243. The van der Waals surface area contributed by atoms with E-state index in [4.69, 9.17) is 5.73 Å². The van der Waals surface area contributed by atoms with E-state index in [1.54, 1.807) is 0 Å². The maximum atomic E-state index is 12.9. The van der Waals surface area contributed by atoms with Crippen molar-refractivity contribution in [3.63, 3.8) is 0 Å². The van der Waals surface area contributed by atoms with E-state index >= 15 is 0 Å². The van der Waals surface area contributed by atoms with Crippen molar-refractivity contribution in [2.45, 2.75) is 31.6 Å². The van der Waals surface area contributed by atoms with E-state index < -0.39 is 0 Å². The number of carbonyl (C=O) groups excluding carboxylic acids is 1.